The summed E-state index contributed by atoms with van der Waals surface area (Å²) in [5.41, 5.74) is 1.84. The number of halogens is 1. The Bertz CT molecular complexity index is 1300. The molecule has 3 aromatic rings. The van der Waals surface area contributed by atoms with Gasteiger partial charge in [-0.1, -0.05) is 109 Å². The van der Waals surface area contributed by atoms with Gasteiger partial charge < -0.3 is 15.0 Å². The van der Waals surface area contributed by atoms with E-state index in [0.29, 0.717) is 17.0 Å². The predicted octanol–water partition coefficient (Wildman–Crippen LogP) is 7.67. The molecule has 3 aromatic carbocycles. The molecular formula is C36H45ClN2O3. The molecule has 4 rings (SSSR count). The molecular weight excluding hydrogens is 544 g/mol. The van der Waals surface area contributed by atoms with Crippen LogP contribution in [0.3, 0.4) is 0 Å². The van der Waals surface area contributed by atoms with Gasteiger partial charge >= 0.3 is 5.97 Å². The quantitative estimate of drug-likeness (QED) is 0.119. The van der Waals surface area contributed by atoms with Crippen LogP contribution in [-0.4, -0.2) is 44.0 Å². The average Bonchev–Trinajstić information content (AvgIpc) is 3.44. The Morgan fingerprint density at radius 3 is 2.19 bits per heavy atom. The molecule has 1 aliphatic carbocycles. The summed E-state index contributed by atoms with van der Waals surface area (Å²) in [4.78, 5) is 29.4. The fraction of sp³-hybridized carbons (Fsp3) is 0.444. The van der Waals surface area contributed by atoms with E-state index in [1.54, 1.807) is 0 Å². The van der Waals surface area contributed by atoms with Gasteiger partial charge in [-0.05, 0) is 57.7 Å². The summed E-state index contributed by atoms with van der Waals surface area (Å²) in [5, 5.41) is 3.70. The Labute approximate surface area is 256 Å². The molecule has 0 aromatic heterocycles. The zero-order valence-electron chi connectivity index (χ0n) is 25.3. The largest absolute Gasteiger partial charge is 0.444 e. The highest BCUT2D eigenvalue weighted by molar-refractivity contribution is 6.31. The van der Waals surface area contributed by atoms with Crippen molar-refractivity contribution in [2.24, 2.45) is 5.41 Å². The van der Waals surface area contributed by atoms with Crippen molar-refractivity contribution in [2.45, 2.75) is 70.3 Å². The molecule has 6 heteroatoms. The van der Waals surface area contributed by atoms with E-state index < -0.39 is 11.0 Å². The Kier molecular flexibility index (Phi) is 11.2. The van der Waals surface area contributed by atoms with Crippen LogP contribution in [-0.2, 0) is 19.9 Å². The number of unbranched alkanes of at least 4 members (excludes halogenated alkanes) is 2. The van der Waals surface area contributed by atoms with Gasteiger partial charge in [0.05, 0.1) is 6.42 Å². The number of carbonyl (C=O) groups is 2. The van der Waals surface area contributed by atoms with Gasteiger partial charge in [-0.3, -0.25) is 9.59 Å². The third-order valence-electron chi connectivity index (χ3n) is 8.71. The minimum absolute atomic E-state index is 0.109. The van der Waals surface area contributed by atoms with Gasteiger partial charge in [-0.15, -0.1) is 0 Å². The van der Waals surface area contributed by atoms with Crippen molar-refractivity contribution in [1.29, 1.82) is 0 Å². The lowest BCUT2D eigenvalue weighted by atomic mass is 9.77. The molecule has 42 heavy (non-hydrogen) atoms. The molecule has 1 saturated carbocycles. The maximum Gasteiger partial charge on any atom is 0.307 e. The Balaban J connectivity index is 1.63. The van der Waals surface area contributed by atoms with Gasteiger partial charge in [-0.2, -0.15) is 0 Å². The summed E-state index contributed by atoms with van der Waals surface area (Å²) in [6.07, 6.45) is 7.44. The van der Waals surface area contributed by atoms with Crippen molar-refractivity contribution in [1.82, 2.24) is 10.2 Å². The van der Waals surface area contributed by atoms with Crippen LogP contribution in [0.5, 0.6) is 0 Å². The zero-order valence-corrected chi connectivity index (χ0v) is 26.1. The van der Waals surface area contributed by atoms with Crippen molar-refractivity contribution < 1.29 is 14.3 Å². The number of ether oxygens (including phenoxy) is 1. The molecule has 1 amide bonds. The number of esters is 1. The zero-order chi connectivity index (χ0) is 30.0. The molecule has 1 fully saturated rings. The van der Waals surface area contributed by atoms with Crippen LogP contribution in [0.4, 0.5) is 0 Å². The number of hydrogen-bond acceptors (Lipinski definition) is 4. The molecule has 1 N–H and O–H groups in total. The first-order valence-corrected chi connectivity index (χ1v) is 15.7. The number of nitrogens with one attached hydrogen (secondary N) is 1. The number of carbonyl (C=O) groups excluding carboxylic acids is 2. The van der Waals surface area contributed by atoms with Gasteiger partial charge in [0.1, 0.15) is 0 Å². The van der Waals surface area contributed by atoms with Crippen molar-refractivity contribution in [3.63, 3.8) is 0 Å². The van der Waals surface area contributed by atoms with Crippen LogP contribution in [0.25, 0.3) is 0 Å². The molecule has 224 valence electrons. The van der Waals surface area contributed by atoms with E-state index in [0.717, 1.165) is 74.7 Å². The fourth-order valence-corrected chi connectivity index (χ4v) is 6.59. The molecule has 1 aliphatic rings. The number of benzene rings is 3. The highest BCUT2D eigenvalue weighted by Gasteiger charge is 2.45. The van der Waals surface area contributed by atoms with Gasteiger partial charge in [0.2, 0.25) is 5.91 Å². The standard InChI is InChI=1S/C36H45ClN2O3/c1-28-18-20-30(21-19-28)36(29-14-6-4-7-15-29,31-16-8-9-17-32(31)37)42-34(41)27-35(22-10-11-23-35)26-33(40)39(3)25-13-5-12-24-38-2/h4,6-9,14-21,38H,5,10-13,22-27H2,1-3H3. The molecule has 0 heterocycles. The van der Waals surface area contributed by atoms with Crippen LogP contribution in [0.15, 0.2) is 78.9 Å². The predicted molar refractivity (Wildman–Crippen MR) is 171 cm³/mol. The first-order valence-electron chi connectivity index (χ1n) is 15.3. The Hall–Kier alpha value is -3.15. The van der Waals surface area contributed by atoms with Crippen LogP contribution in [0.1, 0.15) is 80.0 Å². The number of nitrogens with zero attached hydrogens (tertiary/aromatic N) is 1. The van der Waals surface area contributed by atoms with E-state index >= 15 is 0 Å². The highest BCUT2D eigenvalue weighted by Crippen LogP contribution is 2.48. The summed E-state index contributed by atoms with van der Waals surface area (Å²) < 4.78 is 6.69. The summed E-state index contributed by atoms with van der Waals surface area (Å²) in [6, 6.07) is 25.5. The average molecular weight is 589 g/mol. The van der Waals surface area contributed by atoms with Crippen LogP contribution < -0.4 is 5.32 Å². The first kappa shape index (κ1) is 31.8. The SMILES string of the molecule is CNCCCCCN(C)C(=O)CC1(CC(=O)OC(c2ccccc2)(c2ccc(C)cc2)c2ccccc2Cl)CCCC1. The van der Waals surface area contributed by atoms with E-state index in [1.807, 2.05) is 105 Å². The smallest absolute Gasteiger partial charge is 0.307 e. The van der Waals surface area contributed by atoms with E-state index in [1.165, 1.54) is 0 Å². The van der Waals surface area contributed by atoms with Crippen LogP contribution >= 0.6 is 11.6 Å². The Morgan fingerprint density at radius 1 is 0.881 bits per heavy atom. The van der Waals surface area contributed by atoms with Crippen molar-refractivity contribution in [3.05, 3.63) is 106 Å². The normalized spacial score (nSPS) is 15.6. The third-order valence-corrected chi connectivity index (χ3v) is 9.04. The molecule has 0 bridgehead atoms. The summed E-state index contributed by atoms with van der Waals surface area (Å²) in [5.74, 6) is -0.207. The van der Waals surface area contributed by atoms with Gasteiger partial charge in [0, 0.05) is 41.7 Å². The lowest BCUT2D eigenvalue weighted by Crippen LogP contribution is -2.38. The monoisotopic (exact) mass is 588 g/mol. The van der Waals surface area contributed by atoms with Gasteiger partial charge in [-0.25, -0.2) is 0 Å². The van der Waals surface area contributed by atoms with E-state index in [4.69, 9.17) is 16.3 Å². The molecule has 0 saturated heterocycles. The number of amides is 1. The first-order chi connectivity index (χ1) is 20.3. The van der Waals surface area contributed by atoms with E-state index in [-0.39, 0.29) is 18.3 Å². The second-order valence-corrected chi connectivity index (χ2v) is 12.3. The molecule has 0 aliphatic heterocycles. The second-order valence-electron chi connectivity index (χ2n) is 11.9. The number of hydrogen-bond donors (Lipinski definition) is 1. The molecule has 0 radical (unpaired) electrons. The number of aryl methyl sites for hydroxylation is 1. The van der Waals surface area contributed by atoms with E-state index in [2.05, 4.69) is 5.32 Å². The summed E-state index contributed by atoms with van der Waals surface area (Å²) >= 11 is 6.85. The van der Waals surface area contributed by atoms with Gasteiger partial charge in [0.25, 0.3) is 0 Å². The van der Waals surface area contributed by atoms with Gasteiger partial charge in [0.15, 0.2) is 5.60 Å². The number of rotatable bonds is 14. The lowest BCUT2D eigenvalue weighted by Gasteiger charge is -2.37. The minimum atomic E-state index is -1.24. The van der Waals surface area contributed by atoms with Crippen molar-refractivity contribution >= 4 is 23.5 Å². The molecule has 0 spiro atoms. The van der Waals surface area contributed by atoms with Crippen molar-refractivity contribution in [2.75, 3.05) is 27.2 Å². The molecule has 1 atom stereocenters. The third kappa shape index (κ3) is 7.62. The molecule has 1 unspecified atom stereocenters. The minimum Gasteiger partial charge on any atom is -0.444 e. The Morgan fingerprint density at radius 2 is 1.52 bits per heavy atom. The van der Waals surface area contributed by atoms with Crippen LogP contribution in [0, 0.1) is 12.3 Å². The maximum atomic E-state index is 14.1. The van der Waals surface area contributed by atoms with E-state index in [9.17, 15) is 9.59 Å². The maximum absolute atomic E-state index is 14.1. The topological polar surface area (TPSA) is 58.6 Å². The highest BCUT2D eigenvalue weighted by atomic mass is 35.5. The van der Waals surface area contributed by atoms with Crippen LogP contribution in [0.2, 0.25) is 5.02 Å². The lowest BCUT2D eigenvalue weighted by molar-refractivity contribution is -0.157. The summed E-state index contributed by atoms with van der Waals surface area (Å²) in [6.45, 7) is 3.76. The summed E-state index contributed by atoms with van der Waals surface area (Å²) in [7, 11) is 3.84. The van der Waals surface area contributed by atoms with Crippen molar-refractivity contribution in [3.8, 4) is 0 Å². The molecule has 5 nitrogen and oxygen atoms in total. The fourth-order valence-electron chi connectivity index (χ4n) is 6.32. The second kappa shape index (κ2) is 14.8.